The van der Waals surface area contributed by atoms with Crippen LogP contribution in [0.5, 0.6) is 5.75 Å². The summed E-state index contributed by atoms with van der Waals surface area (Å²) in [5.41, 5.74) is 1.18. The molecule has 0 radical (unpaired) electrons. The lowest BCUT2D eigenvalue weighted by molar-refractivity contribution is 0.0949. The molecule has 1 aromatic heterocycles. The fourth-order valence-electron chi connectivity index (χ4n) is 1.99. The van der Waals surface area contributed by atoms with Gasteiger partial charge in [-0.25, -0.2) is 0 Å². The van der Waals surface area contributed by atoms with Gasteiger partial charge in [0.25, 0.3) is 5.91 Å². The minimum atomic E-state index is -0.264. The molecule has 0 atom stereocenters. The molecule has 5 heteroatoms. The molecule has 1 aliphatic carbocycles. The second-order valence-corrected chi connectivity index (χ2v) is 5.10. The normalized spacial score (nSPS) is 13.1. The summed E-state index contributed by atoms with van der Waals surface area (Å²) in [5, 5.41) is 6.49. The van der Waals surface area contributed by atoms with Gasteiger partial charge in [-0.3, -0.25) is 4.79 Å². The van der Waals surface area contributed by atoms with Crippen LogP contribution < -0.4 is 10.1 Å². The Labute approximate surface area is 128 Å². The molecule has 1 amide bonds. The average molecular weight is 296 g/mol. The van der Waals surface area contributed by atoms with Crippen molar-refractivity contribution < 1.29 is 14.1 Å². The predicted molar refractivity (Wildman–Crippen MR) is 80.7 cm³/mol. The van der Waals surface area contributed by atoms with E-state index < -0.39 is 0 Å². The van der Waals surface area contributed by atoms with Gasteiger partial charge in [-0.2, -0.15) is 0 Å². The third-order valence-corrected chi connectivity index (χ3v) is 3.40. The molecule has 1 heterocycles. The van der Waals surface area contributed by atoms with Crippen LogP contribution in [0.25, 0.3) is 0 Å². The van der Waals surface area contributed by atoms with E-state index in [1.807, 2.05) is 24.3 Å². The van der Waals surface area contributed by atoms with E-state index in [0.29, 0.717) is 11.6 Å². The van der Waals surface area contributed by atoms with E-state index in [0.717, 1.165) is 29.9 Å². The van der Waals surface area contributed by atoms with Gasteiger partial charge in [-0.15, -0.1) is 0 Å². The highest BCUT2D eigenvalue weighted by atomic mass is 16.5. The van der Waals surface area contributed by atoms with Crippen molar-refractivity contribution in [2.24, 2.45) is 0 Å². The van der Waals surface area contributed by atoms with Crippen LogP contribution in [0.15, 0.2) is 34.9 Å². The molecular weight excluding hydrogens is 280 g/mol. The highest BCUT2D eigenvalue weighted by molar-refractivity contribution is 5.92. The summed E-state index contributed by atoms with van der Waals surface area (Å²) < 4.78 is 10.2. The first kappa shape index (κ1) is 14.2. The number of carbonyl (C=O) groups excluding carboxylic acids is 1. The molecule has 1 aromatic carbocycles. The van der Waals surface area contributed by atoms with Crippen LogP contribution >= 0.6 is 0 Å². The van der Waals surface area contributed by atoms with Crippen molar-refractivity contribution in [1.29, 1.82) is 0 Å². The standard InChI is InChI=1S/C17H16N2O3/c1-21-14-8-4-12(5-9-14)3-2-10-18-17(20)15-11-16(22-19-15)13-6-7-13/h4-5,8-9,11,13H,6-7,10H2,1H3,(H,18,20). The van der Waals surface area contributed by atoms with Crippen molar-refractivity contribution in [2.45, 2.75) is 18.8 Å². The van der Waals surface area contributed by atoms with Crippen molar-refractivity contribution >= 4 is 5.91 Å². The topological polar surface area (TPSA) is 64.4 Å². The molecule has 112 valence electrons. The quantitative estimate of drug-likeness (QED) is 0.880. The summed E-state index contributed by atoms with van der Waals surface area (Å²) in [6.45, 7) is 0.260. The van der Waals surface area contributed by atoms with E-state index in [-0.39, 0.29) is 12.5 Å². The Kier molecular flexibility index (Phi) is 4.10. The Balaban J connectivity index is 1.51. The highest BCUT2D eigenvalue weighted by Gasteiger charge is 2.28. The van der Waals surface area contributed by atoms with Crippen molar-refractivity contribution in [3.8, 4) is 17.6 Å². The van der Waals surface area contributed by atoms with Gasteiger partial charge >= 0.3 is 0 Å². The van der Waals surface area contributed by atoms with Gasteiger partial charge in [0, 0.05) is 17.5 Å². The first-order valence-corrected chi connectivity index (χ1v) is 7.14. The predicted octanol–water partition coefficient (Wildman–Crippen LogP) is 2.34. The summed E-state index contributed by atoms with van der Waals surface area (Å²) in [5.74, 6) is 7.65. The molecule has 0 saturated heterocycles. The SMILES string of the molecule is COc1ccc(C#CCNC(=O)c2cc(C3CC3)on2)cc1. The number of hydrogen-bond donors (Lipinski definition) is 1. The number of methoxy groups -OCH3 is 1. The molecular formula is C17H16N2O3. The second-order valence-electron chi connectivity index (χ2n) is 5.10. The van der Waals surface area contributed by atoms with Crippen molar-refractivity contribution in [1.82, 2.24) is 10.5 Å². The number of nitrogens with one attached hydrogen (secondary N) is 1. The largest absolute Gasteiger partial charge is 0.497 e. The molecule has 1 aliphatic rings. The number of amides is 1. The summed E-state index contributed by atoms with van der Waals surface area (Å²) >= 11 is 0. The molecule has 0 unspecified atom stereocenters. The number of benzene rings is 1. The molecule has 0 aliphatic heterocycles. The molecule has 1 N–H and O–H groups in total. The molecule has 0 spiro atoms. The van der Waals surface area contributed by atoms with Gasteiger partial charge in [-0.05, 0) is 37.1 Å². The Morgan fingerprint density at radius 1 is 1.41 bits per heavy atom. The number of hydrogen-bond acceptors (Lipinski definition) is 4. The lowest BCUT2D eigenvalue weighted by atomic mass is 10.2. The van der Waals surface area contributed by atoms with Gasteiger partial charge in [0.1, 0.15) is 11.5 Å². The lowest BCUT2D eigenvalue weighted by Gasteiger charge is -1.98. The first-order chi connectivity index (χ1) is 10.8. The van der Waals surface area contributed by atoms with Crippen LogP contribution in [0, 0.1) is 11.8 Å². The van der Waals surface area contributed by atoms with Gasteiger partial charge in [-0.1, -0.05) is 17.0 Å². The van der Waals surface area contributed by atoms with Crippen LogP contribution in [-0.2, 0) is 0 Å². The maximum atomic E-state index is 11.9. The Morgan fingerprint density at radius 2 is 2.18 bits per heavy atom. The second kappa shape index (κ2) is 6.35. The van der Waals surface area contributed by atoms with Crippen LogP contribution in [-0.4, -0.2) is 24.7 Å². The third kappa shape index (κ3) is 3.47. The minimum absolute atomic E-state index is 0.260. The van der Waals surface area contributed by atoms with E-state index in [9.17, 15) is 4.79 Å². The van der Waals surface area contributed by atoms with E-state index in [4.69, 9.17) is 9.26 Å². The van der Waals surface area contributed by atoms with Gasteiger partial charge in [0.2, 0.25) is 0 Å². The molecule has 3 rings (SSSR count). The zero-order valence-electron chi connectivity index (χ0n) is 12.3. The van der Waals surface area contributed by atoms with Gasteiger partial charge in [0.15, 0.2) is 5.69 Å². The smallest absolute Gasteiger partial charge is 0.274 e. The van der Waals surface area contributed by atoms with Crippen molar-refractivity contribution in [3.05, 3.63) is 47.3 Å². The van der Waals surface area contributed by atoms with Crippen molar-refractivity contribution in [3.63, 3.8) is 0 Å². The lowest BCUT2D eigenvalue weighted by Crippen LogP contribution is -2.23. The first-order valence-electron chi connectivity index (χ1n) is 7.14. The Morgan fingerprint density at radius 3 is 2.86 bits per heavy atom. The molecule has 0 bridgehead atoms. The van der Waals surface area contributed by atoms with Crippen LogP contribution in [0.1, 0.15) is 40.6 Å². The van der Waals surface area contributed by atoms with E-state index in [2.05, 4.69) is 22.3 Å². The molecule has 1 saturated carbocycles. The van der Waals surface area contributed by atoms with Gasteiger partial charge in [0.05, 0.1) is 13.7 Å². The van der Waals surface area contributed by atoms with Gasteiger partial charge < -0.3 is 14.6 Å². The molecule has 22 heavy (non-hydrogen) atoms. The molecule has 1 fully saturated rings. The fraction of sp³-hybridized carbons (Fsp3) is 0.294. The Hall–Kier alpha value is -2.74. The average Bonchev–Trinajstić information content (AvgIpc) is 3.29. The highest BCUT2D eigenvalue weighted by Crippen LogP contribution is 2.40. The number of aromatic nitrogens is 1. The third-order valence-electron chi connectivity index (χ3n) is 3.40. The fourth-order valence-corrected chi connectivity index (χ4v) is 1.99. The van der Waals surface area contributed by atoms with E-state index in [1.165, 1.54) is 0 Å². The number of nitrogens with zero attached hydrogens (tertiary/aromatic N) is 1. The van der Waals surface area contributed by atoms with E-state index >= 15 is 0 Å². The summed E-state index contributed by atoms with van der Waals surface area (Å²) in [6, 6.07) is 9.14. The molecule has 5 nitrogen and oxygen atoms in total. The maximum absolute atomic E-state index is 11.9. The van der Waals surface area contributed by atoms with Crippen LogP contribution in [0.4, 0.5) is 0 Å². The number of carbonyl (C=O) groups is 1. The maximum Gasteiger partial charge on any atom is 0.274 e. The summed E-state index contributed by atoms with van der Waals surface area (Å²) in [6.07, 6.45) is 2.23. The summed E-state index contributed by atoms with van der Waals surface area (Å²) in [7, 11) is 1.62. The minimum Gasteiger partial charge on any atom is -0.497 e. The summed E-state index contributed by atoms with van der Waals surface area (Å²) in [4.78, 5) is 11.9. The van der Waals surface area contributed by atoms with Crippen LogP contribution in [0.3, 0.4) is 0 Å². The monoisotopic (exact) mass is 296 g/mol. The number of rotatable bonds is 4. The molecule has 2 aromatic rings. The Bertz CT molecular complexity index is 718. The number of ether oxygens (including phenoxy) is 1. The zero-order valence-corrected chi connectivity index (χ0v) is 12.3. The van der Waals surface area contributed by atoms with Crippen LogP contribution in [0.2, 0.25) is 0 Å². The van der Waals surface area contributed by atoms with E-state index in [1.54, 1.807) is 13.2 Å². The zero-order chi connectivity index (χ0) is 15.4. The van der Waals surface area contributed by atoms with Crippen molar-refractivity contribution in [2.75, 3.05) is 13.7 Å².